The molecule has 1 N–H and O–H groups in total. The van der Waals surface area contributed by atoms with Crippen molar-refractivity contribution in [3.8, 4) is 17.1 Å². The number of nitro groups is 1. The molecule has 0 aliphatic rings. The second-order valence-electron chi connectivity index (χ2n) is 5.27. The number of anilines is 1. The summed E-state index contributed by atoms with van der Waals surface area (Å²) in [5.41, 5.74) is 0.566. The first-order valence-corrected chi connectivity index (χ1v) is 7.85. The Bertz CT molecular complexity index is 983. The van der Waals surface area contributed by atoms with Crippen molar-refractivity contribution in [2.24, 2.45) is 0 Å². The van der Waals surface area contributed by atoms with Gasteiger partial charge in [-0.15, -0.1) is 0 Å². The fraction of sp³-hybridized carbons (Fsp3) is 0.0556. The molecule has 26 heavy (non-hydrogen) atoms. The van der Waals surface area contributed by atoms with Crippen molar-refractivity contribution in [2.75, 3.05) is 12.4 Å². The van der Waals surface area contributed by atoms with E-state index in [0.29, 0.717) is 11.4 Å². The van der Waals surface area contributed by atoms with E-state index in [1.54, 1.807) is 24.3 Å². The number of amides is 1. The summed E-state index contributed by atoms with van der Waals surface area (Å²) >= 11 is 5.81. The largest absolute Gasteiger partial charge is 0.497 e. The Morgan fingerprint density at radius 2 is 2.00 bits per heavy atom. The zero-order valence-electron chi connectivity index (χ0n) is 13.6. The Kier molecular flexibility index (Phi) is 4.90. The lowest BCUT2D eigenvalue weighted by Gasteiger charge is -2.05. The highest BCUT2D eigenvalue weighted by Gasteiger charge is 2.20. The molecule has 0 radical (unpaired) electrons. The van der Waals surface area contributed by atoms with E-state index >= 15 is 0 Å². The molecule has 0 spiro atoms. The standard InChI is InChI=1S/C18H13ClN2O5/c1-25-13-4-2-3-12(10-13)20-18(22)17-8-7-16(26-17)14-6-5-11(19)9-15(14)21(23)24/h2-10H,1H3,(H,20,22). The summed E-state index contributed by atoms with van der Waals surface area (Å²) < 4.78 is 10.6. The zero-order valence-corrected chi connectivity index (χ0v) is 14.3. The van der Waals surface area contributed by atoms with Crippen LogP contribution in [0.15, 0.2) is 59.0 Å². The van der Waals surface area contributed by atoms with Gasteiger partial charge in [-0.05, 0) is 36.4 Å². The number of hydrogen-bond acceptors (Lipinski definition) is 5. The number of methoxy groups -OCH3 is 1. The van der Waals surface area contributed by atoms with Crippen LogP contribution in [0.2, 0.25) is 5.02 Å². The van der Waals surface area contributed by atoms with Gasteiger partial charge >= 0.3 is 0 Å². The number of nitro benzene ring substituents is 1. The number of carbonyl (C=O) groups is 1. The van der Waals surface area contributed by atoms with Crippen LogP contribution < -0.4 is 10.1 Å². The van der Waals surface area contributed by atoms with Crippen LogP contribution in [0.1, 0.15) is 10.6 Å². The maximum absolute atomic E-state index is 12.3. The first-order valence-electron chi connectivity index (χ1n) is 7.47. The maximum atomic E-state index is 12.3. The Hall–Kier alpha value is -3.32. The summed E-state index contributed by atoms with van der Waals surface area (Å²) in [6, 6.07) is 14.0. The van der Waals surface area contributed by atoms with Gasteiger partial charge in [-0.1, -0.05) is 17.7 Å². The van der Waals surface area contributed by atoms with E-state index in [4.69, 9.17) is 20.8 Å². The molecule has 3 aromatic rings. The summed E-state index contributed by atoms with van der Waals surface area (Å²) in [4.78, 5) is 23.0. The summed E-state index contributed by atoms with van der Waals surface area (Å²) in [5, 5.41) is 14.1. The lowest BCUT2D eigenvalue weighted by Crippen LogP contribution is -2.10. The molecule has 0 aliphatic carbocycles. The predicted molar refractivity (Wildman–Crippen MR) is 96.8 cm³/mol. The molecule has 3 rings (SSSR count). The smallest absolute Gasteiger partial charge is 0.291 e. The van der Waals surface area contributed by atoms with Crippen LogP contribution in [0.5, 0.6) is 5.75 Å². The molecule has 8 heteroatoms. The van der Waals surface area contributed by atoms with Gasteiger partial charge < -0.3 is 14.5 Å². The van der Waals surface area contributed by atoms with Gasteiger partial charge in [0.2, 0.25) is 0 Å². The minimum absolute atomic E-state index is 0.0204. The van der Waals surface area contributed by atoms with Gasteiger partial charge in [0.1, 0.15) is 11.5 Å². The van der Waals surface area contributed by atoms with Crippen molar-refractivity contribution in [1.29, 1.82) is 0 Å². The first kappa shape index (κ1) is 17.5. The third-order valence-corrected chi connectivity index (χ3v) is 3.81. The van der Waals surface area contributed by atoms with Crippen LogP contribution >= 0.6 is 11.6 Å². The van der Waals surface area contributed by atoms with Crippen LogP contribution in [0, 0.1) is 10.1 Å². The molecular weight excluding hydrogens is 360 g/mol. The van der Waals surface area contributed by atoms with Crippen LogP contribution in [0.4, 0.5) is 11.4 Å². The maximum Gasteiger partial charge on any atom is 0.291 e. The quantitative estimate of drug-likeness (QED) is 0.514. The number of rotatable bonds is 5. The van der Waals surface area contributed by atoms with Crippen molar-refractivity contribution in [2.45, 2.75) is 0 Å². The first-order chi connectivity index (χ1) is 12.5. The van der Waals surface area contributed by atoms with Gasteiger partial charge in [-0.3, -0.25) is 14.9 Å². The second kappa shape index (κ2) is 7.28. The van der Waals surface area contributed by atoms with E-state index in [1.165, 1.54) is 37.4 Å². The highest BCUT2D eigenvalue weighted by Crippen LogP contribution is 2.33. The Balaban J connectivity index is 1.86. The van der Waals surface area contributed by atoms with Crippen molar-refractivity contribution in [3.05, 3.63) is 75.5 Å². The van der Waals surface area contributed by atoms with E-state index in [-0.39, 0.29) is 27.8 Å². The third-order valence-electron chi connectivity index (χ3n) is 3.58. The molecule has 0 fully saturated rings. The Labute approximate surface area is 153 Å². The topological polar surface area (TPSA) is 94.6 Å². The molecule has 2 aromatic carbocycles. The minimum atomic E-state index is -0.556. The molecule has 0 saturated heterocycles. The van der Waals surface area contributed by atoms with Gasteiger partial charge in [0.15, 0.2) is 5.76 Å². The second-order valence-corrected chi connectivity index (χ2v) is 5.70. The molecule has 1 heterocycles. The average Bonchev–Trinajstić information content (AvgIpc) is 3.12. The fourth-order valence-electron chi connectivity index (χ4n) is 2.36. The highest BCUT2D eigenvalue weighted by atomic mass is 35.5. The highest BCUT2D eigenvalue weighted by molar-refractivity contribution is 6.30. The summed E-state index contributed by atoms with van der Waals surface area (Å²) in [5.74, 6) is 0.331. The average molecular weight is 373 g/mol. The Morgan fingerprint density at radius 3 is 2.73 bits per heavy atom. The van der Waals surface area contributed by atoms with E-state index in [1.807, 2.05) is 0 Å². The van der Waals surface area contributed by atoms with Crippen molar-refractivity contribution < 1.29 is 18.9 Å². The zero-order chi connectivity index (χ0) is 18.7. The van der Waals surface area contributed by atoms with Crippen molar-refractivity contribution >= 4 is 28.9 Å². The van der Waals surface area contributed by atoms with Gasteiger partial charge in [-0.25, -0.2) is 0 Å². The number of benzene rings is 2. The molecule has 0 saturated carbocycles. The van der Waals surface area contributed by atoms with E-state index < -0.39 is 10.8 Å². The Morgan fingerprint density at radius 1 is 1.19 bits per heavy atom. The summed E-state index contributed by atoms with van der Waals surface area (Å²) in [7, 11) is 1.53. The van der Waals surface area contributed by atoms with Gasteiger partial charge in [0, 0.05) is 22.8 Å². The van der Waals surface area contributed by atoms with Crippen LogP contribution in [0.25, 0.3) is 11.3 Å². The number of halogens is 1. The van der Waals surface area contributed by atoms with Crippen LogP contribution in [0.3, 0.4) is 0 Å². The number of carbonyl (C=O) groups excluding carboxylic acids is 1. The third kappa shape index (κ3) is 3.68. The van der Waals surface area contributed by atoms with Crippen LogP contribution in [-0.2, 0) is 0 Å². The molecular formula is C18H13ClN2O5. The molecule has 132 valence electrons. The number of nitrogens with one attached hydrogen (secondary N) is 1. The van der Waals surface area contributed by atoms with Gasteiger partial charge in [0.25, 0.3) is 11.6 Å². The normalized spacial score (nSPS) is 10.4. The van der Waals surface area contributed by atoms with E-state index in [0.717, 1.165) is 0 Å². The van der Waals surface area contributed by atoms with Crippen molar-refractivity contribution in [1.82, 2.24) is 0 Å². The van der Waals surface area contributed by atoms with E-state index in [9.17, 15) is 14.9 Å². The van der Waals surface area contributed by atoms with Crippen molar-refractivity contribution in [3.63, 3.8) is 0 Å². The minimum Gasteiger partial charge on any atom is -0.497 e. The summed E-state index contributed by atoms with van der Waals surface area (Å²) in [6.45, 7) is 0. The number of nitrogens with zero attached hydrogens (tertiary/aromatic N) is 1. The predicted octanol–water partition coefficient (Wildman–Crippen LogP) is 4.77. The molecule has 0 bridgehead atoms. The van der Waals surface area contributed by atoms with E-state index in [2.05, 4.69) is 5.32 Å². The fourth-order valence-corrected chi connectivity index (χ4v) is 2.53. The molecule has 0 atom stereocenters. The number of hydrogen-bond donors (Lipinski definition) is 1. The van der Waals surface area contributed by atoms with Crippen LogP contribution in [-0.4, -0.2) is 17.9 Å². The SMILES string of the molecule is COc1cccc(NC(=O)c2ccc(-c3ccc(Cl)cc3[N+](=O)[O-])o2)c1. The summed E-state index contributed by atoms with van der Waals surface area (Å²) in [6.07, 6.45) is 0. The molecule has 1 amide bonds. The molecule has 1 aromatic heterocycles. The lowest BCUT2D eigenvalue weighted by molar-refractivity contribution is -0.384. The lowest BCUT2D eigenvalue weighted by atomic mass is 10.1. The molecule has 0 aliphatic heterocycles. The van der Waals surface area contributed by atoms with Gasteiger partial charge in [0.05, 0.1) is 17.6 Å². The monoisotopic (exact) mass is 372 g/mol. The number of ether oxygens (including phenoxy) is 1. The molecule has 7 nitrogen and oxygen atoms in total. The molecule has 0 unspecified atom stereocenters. The number of furan rings is 1. The van der Waals surface area contributed by atoms with Gasteiger partial charge in [-0.2, -0.15) is 0 Å².